The molecule has 0 amide bonds. The van der Waals surface area contributed by atoms with Crippen molar-refractivity contribution in [3.63, 3.8) is 0 Å². The Hall–Kier alpha value is -1.42. The van der Waals surface area contributed by atoms with Crippen LogP contribution in [0.15, 0.2) is 42.5 Å². The number of hydrogen-bond acceptors (Lipinski definition) is 2. The highest BCUT2D eigenvalue weighted by Crippen LogP contribution is 2.50. The van der Waals surface area contributed by atoms with E-state index in [1.165, 1.54) is 16.7 Å². The maximum atomic E-state index is 13.4. The summed E-state index contributed by atoms with van der Waals surface area (Å²) in [4.78, 5) is 5.03. The molecule has 2 aliphatic rings. The molecule has 2 aromatic rings. The molecule has 26 heavy (non-hydrogen) atoms. The number of hydrogen-bond donors (Lipinski definition) is 0. The van der Waals surface area contributed by atoms with Gasteiger partial charge in [-0.25, -0.2) is 4.39 Å². The van der Waals surface area contributed by atoms with Gasteiger partial charge in [-0.2, -0.15) is 0 Å². The third-order valence-electron chi connectivity index (χ3n) is 6.31. The van der Waals surface area contributed by atoms with Crippen molar-refractivity contribution in [3.05, 3.63) is 70.0 Å². The Bertz CT molecular complexity index is 802. The third-order valence-corrected chi connectivity index (χ3v) is 6.64. The van der Waals surface area contributed by atoms with Crippen molar-refractivity contribution in [2.75, 3.05) is 26.7 Å². The van der Waals surface area contributed by atoms with Crippen LogP contribution in [0.4, 0.5) is 4.39 Å². The predicted molar refractivity (Wildman–Crippen MR) is 105 cm³/mol. The van der Waals surface area contributed by atoms with Crippen LogP contribution in [0.5, 0.6) is 0 Å². The number of halogens is 2. The lowest BCUT2D eigenvalue weighted by molar-refractivity contribution is 0.0159. The summed E-state index contributed by atoms with van der Waals surface area (Å²) in [6, 6.07) is 13.5. The molecule has 1 aliphatic carbocycles. The molecular weight excluding hydrogens is 347 g/mol. The SMILES string of the molecule is CN1CCN([C@H]2C[C@H](c3ccc(F)cc3)c3cccc(Cl)c32)CC1(C)C. The Balaban J connectivity index is 1.71. The zero-order valence-electron chi connectivity index (χ0n) is 15.7. The molecule has 4 rings (SSSR count). The largest absolute Gasteiger partial charge is 0.299 e. The summed E-state index contributed by atoms with van der Waals surface area (Å²) >= 11 is 6.66. The second-order valence-corrected chi connectivity index (χ2v) is 8.71. The predicted octanol–water partition coefficient (Wildman–Crippen LogP) is 5.08. The Labute approximate surface area is 160 Å². The highest BCUT2D eigenvalue weighted by atomic mass is 35.5. The van der Waals surface area contributed by atoms with Crippen molar-refractivity contribution >= 4 is 11.6 Å². The van der Waals surface area contributed by atoms with E-state index in [4.69, 9.17) is 11.6 Å². The highest BCUT2D eigenvalue weighted by Gasteiger charge is 2.41. The van der Waals surface area contributed by atoms with Crippen LogP contribution in [0.2, 0.25) is 5.02 Å². The maximum Gasteiger partial charge on any atom is 0.123 e. The number of rotatable bonds is 2. The summed E-state index contributed by atoms with van der Waals surface area (Å²) in [5.74, 6) is 0.0903. The van der Waals surface area contributed by atoms with Crippen LogP contribution in [0.3, 0.4) is 0 Å². The van der Waals surface area contributed by atoms with Crippen LogP contribution in [-0.4, -0.2) is 42.0 Å². The van der Waals surface area contributed by atoms with Crippen molar-refractivity contribution in [1.82, 2.24) is 9.80 Å². The number of likely N-dealkylation sites (N-methyl/N-ethyl adjacent to an activating group) is 1. The molecular formula is C22H26ClFN2. The van der Waals surface area contributed by atoms with Gasteiger partial charge in [0, 0.05) is 42.2 Å². The van der Waals surface area contributed by atoms with Crippen LogP contribution < -0.4 is 0 Å². The molecule has 138 valence electrons. The van der Waals surface area contributed by atoms with Gasteiger partial charge in [0.25, 0.3) is 0 Å². The fourth-order valence-corrected chi connectivity index (χ4v) is 4.87. The van der Waals surface area contributed by atoms with Crippen molar-refractivity contribution in [3.8, 4) is 0 Å². The fraction of sp³-hybridized carbons (Fsp3) is 0.455. The number of fused-ring (bicyclic) bond motifs is 1. The van der Waals surface area contributed by atoms with E-state index in [-0.39, 0.29) is 17.3 Å². The summed E-state index contributed by atoms with van der Waals surface area (Å²) in [6.07, 6.45) is 1.00. The molecule has 0 radical (unpaired) electrons. The minimum absolute atomic E-state index is 0.146. The molecule has 0 saturated carbocycles. The first-order valence-corrected chi connectivity index (χ1v) is 9.74. The van der Waals surface area contributed by atoms with Gasteiger partial charge in [-0.3, -0.25) is 9.80 Å². The zero-order chi connectivity index (χ0) is 18.5. The average Bonchev–Trinajstić information content (AvgIpc) is 2.99. The Kier molecular flexibility index (Phi) is 4.58. The first-order valence-electron chi connectivity index (χ1n) is 9.36. The van der Waals surface area contributed by atoms with E-state index in [0.29, 0.717) is 6.04 Å². The lowest BCUT2D eigenvalue weighted by Crippen LogP contribution is -2.58. The molecule has 1 heterocycles. The highest BCUT2D eigenvalue weighted by molar-refractivity contribution is 6.31. The molecule has 0 spiro atoms. The molecule has 0 aromatic heterocycles. The van der Waals surface area contributed by atoms with Gasteiger partial charge in [0.05, 0.1) is 0 Å². The normalized spacial score (nSPS) is 26.0. The molecule has 2 nitrogen and oxygen atoms in total. The Morgan fingerprint density at radius 2 is 1.81 bits per heavy atom. The maximum absolute atomic E-state index is 13.4. The minimum Gasteiger partial charge on any atom is -0.299 e. The standard InChI is InChI=1S/C22H26ClFN2/c1-22(2)14-26(12-11-25(22)3)20-13-18(15-7-9-16(24)10-8-15)17-5-4-6-19(23)21(17)20/h4-10,18,20H,11-14H2,1-3H3/t18-,20+/m1/s1. The second-order valence-electron chi connectivity index (χ2n) is 8.30. The summed E-state index contributed by atoms with van der Waals surface area (Å²) in [5.41, 5.74) is 3.88. The van der Waals surface area contributed by atoms with Crippen molar-refractivity contribution in [2.24, 2.45) is 0 Å². The first kappa shape index (κ1) is 18.0. The summed E-state index contributed by atoms with van der Waals surface area (Å²) in [5, 5.41) is 0.855. The van der Waals surface area contributed by atoms with Crippen LogP contribution in [0.1, 0.15) is 48.9 Å². The monoisotopic (exact) mass is 372 g/mol. The summed E-state index contributed by atoms with van der Waals surface area (Å²) < 4.78 is 13.4. The molecule has 0 bridgehead atoms. The summed E-state index contributed by atoms with van der Waals surface area (Å²) in [6.45, 7) is 7.74. The third kappa shape index (κ3) is 3.06. The molecule has 1 saturated heterocycles. The van der Waals surface area contributed by atoms with Gasteiger partial charge in [-0.15, -0.1) is 0 Å². The quantitative estimate of drug-likeness (QED) is 0.725. The van der Waals surface area contributed by atoms with Gasteiger partial charge in [0.1, 0.15) is 5.82 Å². The van der Waals surface area contributed by atoms with E-state index in [9.17, 15) is 4.39 Å². The lowest BCUT2D eigenvalue weighted by Gasteiger charge is -2.47. The van der Waals surface area contributed by atoms with Gasteiger partial charge in [0.15, 0.2) is 0 Å². The van der Waals surface area contributed by atoms with Crippen molar-refractivity contribution in [2.45, 2.75) is 37.8 Å². The van der Waals surface area contributed by atoms with Crippen LogP contribution in [-0.2, 0) is 0 Å². The molecule has 0 N–H and O–H groups in total. The van der Waals surface area contributed by atoms with E-state index in [2.05, 4.69) is 36.8 Å². The minimum atomic E-state index is -0.185. The average molecular weight is 373 g/mol. The van der Waals surface area contributed by atoms with Gasteiger partial charge in [-0.05, 0) is 62.2 Å². The summed E-state index contributed by atoms with van der Waals surface area (Å²) in [7, 11) is 2.20. The van der Waals surface area contributed by atoms with Crippen LogP contribution in [0, 0.1) is 5.82 Å². The second kappa shape index (κ2) is 6.63. The van der Waals surface area contributed by atoms with E-state index in [0.717, 1.165) is 31.1 Å². The Morgan fingerprint density at radius 1 is 1.08 bits per heavy atom. The molecule has 4 heteroatoms. The zero-order valence-corrected chi connectivity index (χ0v) is 16.4. The smallest absolute Gasteiger partial charge is 0.123 e. The van der Waals surface area contributed by atoms with Gasteiger partial charge in [-0.1, -0.05) is 35.9 Å². The molecule has 2 aromatic carbocycles. The van der Waals surface area contributed by atoms with Crippen molar-refractivity contribution < 1.29 is 4.39 Å². The topological polar surface area (TPSA) is 6.48 Å². The number of piperazine rings is 1. The van der Waals surface area contributed by atoms with Crippen molar-refractivity contribution in [1.29, 1.82) is 0 Å². The van der Waals surface area contributed by atoms with Crippen LogP contribution in [0.25, 0.3) is 0 Å². The molecule has 1 fully saturated rings. The van der Waals surface area contributed by atoms with E-state index < -0.39 is 0 Å². The number of benzene rings is 2. The molecule has 0 unspecified atom stereocenters. The first-order chi connectivity index (χ1) is 12.4. The number of nitrogens with zero attached hydrogens (tertiary/aromatic N) is 2. The fourth-order valence-electron chi connectivity index (χ4n) is 4.56. The lowest BCUT2D eigenvalue weighted by atomic mass is 9.93. The van der Waals surface area contributed by atoms with E-state index >= 15 is 0 Å². The van der Waals surface area contributed by atoms with E-state index in [1.54, 1.807) is 12.1 Å². The van der Waals surface area contributed by atoms with Gasteiger partial charge in [0.2, 0.25) is 0 Å². The van der Waals surface area contributed by atoms with Crippen LogP contribution >= 0.6 is 11.6 Å². The molecule has 1 aliphatic heterocycles. The Morgan fingerprint density at radius 3 is 2.50 bits per heavy atom. The molecule has 2 atom stereocenters. The van der Waals surface area contributed by atoms with Gasteiger partial charge < -0.3 is 0 Å². The van der Waals surface area contributed by atoms with Gasteiger partial charge >= 0.3 is 0 Å². The van der Waals surface area contributed by atoms with E-state index in [1.807, 2.05) is 24.3 Å².